The molecule has 0 bridgehead atoms. The lowest BCUT2D eigenvalue weighted by atomic mass is 10.1. The SMILES string of the molecule is NC(=NCc1ccc(COCC(F)(F)F)cc1)Nc1ccccc1. The van der Waals surface area contributed by atoms with Crippen LogP contribution in [0.2, 0.25) is 0 Å². The summed E-state index contributed by atoms with van der Waals surface area (Å²) >= 11 is 0. The average molecular weight is 337 g/mol. The van der Waals surface area contributed by atoms with Gasteiger partial charge in [0.2, 0.25) is 0 Å². The van der Waals surface area contributed by atoms with Crippen molar-refractivity contribution in [1.82, 2.24) is 0 Å². The maximum absolute atomic E-state index is 12.0. The van der Waals surface area contributed by atoms with Gasteiger partial charge in [-0.2, -0.15) is 13.2 Å². The molecular weight excluding hydrogens is 319 g/mol. The van der Waals surface area contributed by atoms with Crippen LogP contribution in [0.4, 0.5) is 18.9 Å². The number of nitrogens with two attached hydrogens (primary N) is 1. The van der Waals surface area contributed by atoms with Crippen LogP contribution in [0.1, 0.15) is 11.1 Å². The number of alkyl halides is 3. The van der Waals surface area contributed by atoms with Gasteiger partial charge in [0.1, 0.15) is 6.61 Å². The normalized spacial score (nSPS) is 12.2. The van der Waals surface area contributed by atoms with Crippen LogP contribution in [0.3, 0.4) is 0 Å². The molecule has 0 amide bonds. The zero-order valence-corrected chi connectivity index (χ0v) is 12.9. The van der Waals surface area contributed by atoms with Crippen molar-refractivity contribution >= 4 is 11.6 Å². The Morgan fingerprint density at radius 1 is 1.00 bits per heavy atom. The van der Waals surface area contributed by atoms with Crippen LogP contribution in [0, 0.1) is 0 Å². The lowest BCUT2D eigenvalue weighted by molar-refractivity contribution is -0.176. The molecular formula is C17H18F3N3O. The second-order valence-corrected chi connectivity index (χ2v) is 5.12. The first-order valence-electron chi connectivity index (χ1n) is 7.27. The summed E-state index contributed by atoms with van der Waals surface area (Å²) in [6, 6.07) is 16.4. The Labute approximate surface area is 138 Å². The summed E-state index contributed by atoms with van der Waals surface area (Å²) < 4.78 is 40.6. The predicted molar refractivity (Wildman–Crippen MR) is 87.5 cm³/mol. The summed E-state index contributed by atoms with van der Waals surface area (Å²) in [4.78, 5) is 4.22. The fourth-order valence-electron chi connectivity index (χ4n) is 1.91. The molecule has 0 aliphatic carbocycles. The number of benzene rings is 2. The molecule has 0 aliphatic heterocycles. The number of halogens is 3. The van der Waals surface area contributed by atoms with E-state index in [1.807, 2.05) is 30.3 Å². The highest BCUT2D eigenvalue weighted by atomic mass is 19.4. The van der Waals surface area contributed by atoms with Crippen LogP contribution in [-0.4, -0.2) is 18.7 Å². The molecule has 128 valence electrons. The molecule has 4 nitrogen and oxygen atoms in total. The Morgan fingerprint density at radius 3 is 2.25 bits per heavy atom. The number of nitrogens with one attached hydrogen (secondary N) is 1. The van der Waals surface area contributed by atoms with Gasteiger partial charge in [0.05, 0.1) is 13.2 Å². The molecule has 0 aliphatic rings. The maximum atomic E-state index is 12.0. The first kappa shape index (κ1) is 17.8. The van der Waals surface area contributed by atoms with E-state index in [4.69, 9.17) is 5.73 Å². The highest BCUT2D eigenvalue weighted by molar-refractivity contribution is 5.92. The number of aliphatic imine (C=N–C) groups is 1. The van der Waals surface area contributed by atoms with E-state index in [1.165, 1.54) is 0 Å². The molecule has 0 unspecified atom stereocenters. The van der Waals surface area contributed by atoms with E-state index in [0.29, 0.717) is 18.1 Å². The Morgan fingerprint density at radius 2 is 1.62 bits per heavy atom. The average Bonchev–Trinajstić information content (AvgIpc) is 2.54. The van der Waals surface area contributed by atoms with Gasteiger partial charge >= 0.3 is 6.18 Å². The summed E-state index contributed by atoms with van der Waals surface area (Å²) in [5.74, 6) is 0.291. The molecule has 0 atom stereocenters. The molecule has 0 radical (unpaired) electrons. The Hall–Kier alpha value is -2.54. The number of hydrogen-bond acceptors (Lipinski definition) is 2. The molecule has 24 heavy (non-hydrogen) atoms. The fraction of sp³-hybridized carbons (Fsp3) is 0.235. The van der Waals surface area contributed by atoms with Crippen molar-refractivity contribution < 1.29 is 17.9 Å². The molecule has 2 aromatic rings. The number of guanidine groups is 1. The number of rotatable bonds is 6. The largest absolute Gasteiger partial charge is 0.411 e. The number of para-hydroxylation sites is 1. The molecule has 0 spiro atoms. The Kier molecular flexibility index (Phi) is 6.20. The zero-order chi connectivity index (χ0) is 17.4. The molecule has 7 heteroatoms. The second kappa shape index (κ2) is 8.35. The molecule has 0 saturated heterocycles. The van der Waals surface area contributed by atoms with Crippen LogP contribution in [0.25, 0.3) is 0 Å². The van der Waals surface area contributed by atoms with E-state index in [0.717, 1.165) is 11.3 Å². The number of hydrogen-bond donors (Lipinski definition) is 2. The predicted octanol–water partition coefficient (Wildman–Crippen LogP) is 3.69. The van der Waals surface area contributed by atoms with Crippen LogP contribution in [0.5, 0.6) is 0 Å². The fourth-order valence-corrected chi connectivity index (χ4v) is 1.91. The summed E-state index contributed by atoms with van der Waals surface area (Å²) in [6.45, 7) is -0.961. The van der Waals surface area contributed by atoms with Crippen molar-refractivity contribution in [3.05, 3.63) is 65.7 Å². The first-order valence-corrected chi connectivity index (χ1v) is 7.27. The summed E-state index contributed by atoms with van der Waals surface area (Å²) in [6.07, 6.45) is -4.31. The molecule has 0 heterocycles. The Balaban J connectivity index is 1.81. The van der Waals surface area contributed by atoms with E-state index in [-0.39, 0.29) is 6.61 Å². The lowest BCUT2D eigenvalue weighted by Gasteiger charge is -2.08. The number of ether oxygens (including phenoxy) is 1. The third kappa shape index (κ3) is 6.70. The molecule has 0 aromatic heterocycles. The monoisotopic (exact) mass is 337 g/mol. The highest BCUT2D eigenvalue weighted by Gasteiger charge is 2.27. The molecule has 0 fully saturated rings. The highest BCUT2D eigenvalue weighted by Crippen LogP contribution is 2.16. The van der Waals surface area contributed by atoms with Gasteiger partial charge in [-0.25, -0.2) is 4.99 Å². The molecule has 0 saturated carbocycles. The summed E-state index contributed by atoms with van der Waals surface area (Å²) in [5.41, 5.74) is 8.21. The minimum Gasteiger partial charge on any atom is -0.370 e. The smallest absolute Gasteiger partial charge is 0.370 e. The van der Waals surface area contributed by atoms with E-state index < -0.39 is 12.8 Å². The molecule has 2 rings (SSSR count). The topological polar surface area (TPSA) is 59.6 Å². The van der Waals surface area contributed by atoms with Gasteiger partial charge < -0.3 is 15.8 Å². The maximum Gasteiger partial charge on any atom is 0.411 e. The van der Waals surface area contributed by atoms with E-state index in [2.05, 4.69) is 15.0 Å². The van der Waals surface area contributed by atoms with Crippen molar-refractivity contribution in [1.29, 1.82) is 0 Å². The Bertz CT molecular complexity index is 655. The second-order valence-electron chi connectivity index (χ2n) is 5.12. The van der Waals surface area contributed by atoms with Gasteiger partial charge in [0.25, 0.3) is 0 Å². The standard InChI is InChI=1S/C17H18F3N3O/c18-17(19,20)12-24-11-14-8-6-13(7-9-14)10-22-16(21)23-15-4-2-1-3-5-15/h1-9H,10-12H2,(H3,21,22,23). The summed E-state index contributed by atoms with van der Waals surface area (Å²) in [7, 11) is 0. The lowest BCUT2D eigenvalue weighted by Crippen LogP contribution is -2.22. The van der Waals surface area contributed by atoms with Crippen LogP contribution in [-0.2, 0) is 17.9 Å². The van der Waals surface area contributed by atoms with E-state index in [1.54, 1.807) is 24.3 Å². The third-order valence-corrected chi connectivity index (χ3v) is 3.04. The minimum absolute atomic E-state index is 0.0826. The van der Waals surface area contributed by atoms with Crippen LogP contribution in [0.15, 0.2) is 59.6 Å². The van der Waals surface area contributed by atoms with E-state index in [9.17, 15) is 13.2 Å². The van der Waals surface area contributed by atoms with Gasteiger partial charge in [0.15, 0.2) is 5.96 Å². The van der Waals surface area contributed by atoms with Gasteiger partial charge in [-0.05, 0) is 23.3 Å². The van der Waals surface area contributed by atoms with Crippen LogP contribution >= 0.6 is 0 Å². The van der Waals surface area contributed by atoms with Crippen molar-refractivity contribution in [2.75, 3.05) is 11.9 Å². The van der Waals surface area contributed by atoms with Gasteiger partial charge in [-0.1, -0.05) is 42.5 Å². The van der Waals surface area contributed by atoms with Crippen molar-refractivity contribution in [2.24, 2.45) is 10.7 Å². The molecule has 2 aromatic carbocycles. The number of nitrogens with zero attached hydrogens (tertiary/aromatic N) is 1. The van der Waals surface area contributed by atoms with Crippen molar-refractivity contribution in [3.63, 3.8) is 0 Å². The van der Waals surface area contributed by atoms with Gasteiger partial charge in [-0.3, -0.25) is 0 Å². The van der Waals surface area contributed by atoms with Gasteiger partial charge in [-0.15, -0.1) is 0 Å². The van der Waals surface area contributed by atoms with Crippen LogP contribution < -0.4 is 11.1 Å². The van der Waals surface area contributed by atoms with Gasteiger partial charge in [0, 0.05) is 5.69 Å². The van der Waals surface area contributed by atoms with Crippen molar-refractivity contribution in [3.8, 4) is 0 Å². The third-order valence-electron chi connectivity index (χ3n) is 3.04. The minimum atomic E-state index is -4.31. The molecule has 3 N–H and O–H groups in total. The van der Waals surface area contributed by atoms with Crippen molar-refractivity contribution in [2.45, 2.75) is 19.3 Å². The zero-order valence-electron chi connectivity index (χ0n) is 12.9. The number of anilines is 1. The summed E-state index contributed by atoms with van der Waals surface area (Å²) in [5, 5.41) is 2.97. The first-order chi connectivity index (χ1) is 11.4. The van der Waals surface area contributed by atoms with E-state index >= 15 is 0 Å². The quantitative estimate of drug-likeness (QED) is 0.624.